The van der Waals surface area contributed by atoms with E-state index in [0.29, 0.717) is 0 Å². The summed E-state index contributed by atoms with van der Waals surface area (Å²) in [6.07, 6.45) is 3.01. The standard InChI is InChI=1S/C5H8N2O3S/c1-6-3-4-7(2)5(6)11(8,9)10/h3-4H,1-2H3. The minimum absolute atomic E-state index is 0.238. The molecule has 1 heterocycles. The van der Waals surface area contributed by atoms with E-state index in [0.717, 1.165) is 0 Å². The van der Waals surface area contributed by atoms with Crippen LogP contribution in [0.3, 0.4) is 0 Å². The molecule has 0 N–H and O–H groups in total. The summed E-state index contributed by atoms with van der Waals surface area (Å²) in [6, 6.07) is 0. The van der Waals surface area contributed by atoms with E-state index in [1.165, 1.54) is 35.6 Å². The summed E-state index contributed by atoms with van der Waals surface area (Å²) in [7, 11) is -1.34. The van der Waals surface area contributed by atoms with E-state index in [9.17, 15) is 13.0 Å². The molecule has 0 saturated heterocycles. The van der Waals surface area contributed by atoms with Gasteiger partial charge in [-0.15, -0.1) is 0 Å². The van der Waals surface area contributed by atoms with Gasteiger partial charge in [0.1, 0.15) is 12.4 Å². The number of imidazole rings is 1. The molecule has 0 spiro atoms. The summed E-state index contributed by atoms with van der Waals surface area (Å²) in [4.78, 5) is 0. The van der Waals surface area contributed by atoms with Crippen molar-refractivity contribution in [1.29, 1.82) is 0 Å². The van der Waals surface area contributed by atoms with Crippen LogP contribution in [-0.2, 0) is 24.2 Å². The third-order valence-electron chi connectivity index (χ3n) is 1.34. The Bertz CT molecular complexity index is 346. The lowest BCUT2D eigenvalue weighted by atomic mass is 10.9. The van der Waals surface area contributed by atoms with E-state index in [1.54, 1.807) is 0 Å². The topological polar surface area (TPSA) is 66.0 Å². The van der Waals surface area contributed by atoms with Crippen molar-refractivity contribution in [3.63, 3.8) is 0 Å². The first kappa shape index (κ1) is 8.22. The van der Waals surface area contributed by atoms with Crippen LogP contribution in [0.2, 0.25) is 0 Å². The second kappa shape index (κ2) is 2.31. The van der Waals surface area contributed by atoms with Crippen LogP contribution in [0.15, 0.2) is 17.6 Å². The van der Waals surface area contributed by atoms with Gasteiger partial charge >= 0.3 is 5.16 Å². The van der Waals surface area contributed by atoms with Crippen LogP contribution in [0.5, 0.6) is 0 Å². The van der Waals surface area contributed by atoms with Gasteiger partial charge in [0.15, 0.2) is 0 Å². The molecule has 0 aliphatic heterocycles. The molecule has 0 fully saturated rings. The number of hydrogen-bond acceptors (Lipinski definition) is 3. The molecule has 5 nitrogen and oxygen atoms in total. The van der Waals surface area contributed by atoms with Crippen molar-refractivity contribution < 1.29 is 17.5 Å². The molecular formula is C5H8N2O3S. The lowest BCUT2D eigenvalue weighted by molar-refractivity contribution is -0.710. The smallest absolute Gasteiger partial charge is 0.363 e. The van der Waals surface area contributed by atoms with Gasteiger partial charge in [0.05, 0.1) is 14.1 Å². The zero-order valence-corrected chi connectivity index (χ0v) is 7.00. The van der Waals surface area contributed by atoms with Crippen molar-refractivity contribution in [2.45, 2.75) is 5.16 Å². The quantitative estimate of drug-likeness (QED) is 0.397. The highest BCUT2D eigenvalue weighted by molar-refractivity contribution is 7.85. The maximum atomic E-state index is 10.5. The van der Waals surface area contributed by atoms with E-state index < -0.39 is 10.1 Å². The molecule has 1 aromatic heterocycles. The summed E-state index contributed by atoms with van der Waals surface area (Å²) in [5.74, 6) is 0. The van der Waals surface area contributed by atoms with E-state index in [1.807, 2.05) is 0 Å². The minimum atomic E-state index is -4.34. The Hall–Kier alpha value is -0.880. The summed E-state index contributed by atoms with van der Waals surface area (Å²) in [5.41, 5.74) is 0. The maximum absolute atomic E-state index is 10.5. The maximum Gasteiger partial charge on any atom is 0.363 e. The number of rotatable bonds is 1. The summed E-state index contributed by atoms with van der Waals surface area (Å²) in [6.45, 7) is 0. The first-order valence-corrected chi connectivity index (χ1v) is 4.30. The number of aromatic nitrogens is 2. The van der Waals surface area contributed by atoms with Crippen molar-refractivity contribution in [2.24, 2.45) is 14.1 Å². The Labute approximate surface area is 64.6 Å². The lowest BCUT2D eigenvalue weighted by Crippen LogP contribution is -2.34. The van der Waals surface area contributed by atoms with Crippen LogP contribution in [0.1, 0.15) is 0 Å². The fourth-order valence-electron chi connectivity index (χ4n) is 0.929. The average molecular weight is 176 g/mol. The van der Waals surface area contributed by atoms with Gasteiger partial charge in [-0.05, 0) is 0 Å². The Morgan fingerprint density at radius 1 is 1.64 bits per heavy atom. The molecule has 0 aliphatic carbocycles. The van der Waals surface area contributed by atoms with Crippen LogP contribution < -0.4 is 4.57 Å². The Morgan fingerprint density at radius 3 is 2.36 bits per heavy atom. The van der Waals surface area contributed by atoms with Gasteiger partial charge in [0.2, 0.25) is 10.1 Å². The second-order valence-corrected chi connectivity index (χ2v) is 3.53. The van der Waals surface area contributed by atoms with Gasteiger partial charge in [-0.25, -0.2) is 17.6 Å². The Morgan fingerprint density at radius 2 is 2.18 bits per heavy atom. The van der Waals surface area contributed by atoms with Gasteiger partial charge in [-0.1, -0.05) is 0 Å². The normalized spacial score (nSPS) is 11.9. The fourth-order valence-corrected chi connectivity index (χ4v) is 1.76. The Kier molecular flexibility index (Phi) is 1.73. The number of aryl methyl sites for hydroxylation is 2. The molecular weight excluding hydrogens is 168 g/mol. The molecule has 6 heteroatoms. The van der Waals surface area contributed by atoms with Gasteiger partial charge in [-0.3, -0.25) is 0 Å². The summed E-state index contributed by atoms with van der Waals surface area (Å²) in [5, 5.41) is -0.238. The number of nitrogens with zero attached hydrogens (tertiary/aromatic N) is 2. The molecule has 62 valence electrons. The molecule has 0 saturated carbocycles. The zero-order chi connectivity index (χ0) is 8.65. The average Bonchev–Trinajstić information content (AvgIpc) is 2.08. The van der Waals surface area contributed by atoms with Crippen molar-refractivity contribution in [2.75, 3.05) is 0 Å². The Balaban J connectivity index is 3.45. The monoisotopic (exact) mass is 176 g/mol. The highest BCUT2D eigenvalue weighted by Crippen LogP contribution is 1.99. The molecule has 1 rings (SSSR count). The van der Waals surface area contributed by atoms with Gasteiger partial charge in [0.25, 0.3) is 0 Å². The summed E-state index contributed by atoms with van der Waals surface area (Å²) < 4.78 is 34.1. The zero-order valence-electron chi connectivity index (χ0n) is 6.18. The van der Waals surface area contributed by atoms with Crippen LogP contribution in [-0.4, -0.2) is 17.5 Å². The molecule has 0 atom stereocenters. The van der Waals surface area contributed by atoms with E-state index >= 15 is 0 Å². The van der Waals surface area contributed by atoms with Gasteiger partial charge in [0, 0.05) is 0 Å². The molecule has 0 aromatic carbocycles. The van der Waals surface area contributed by atoms with Crippen molar-refractivity contribution >= 4 is 10.1 Å². The largest absolute Gasteiger partial charge is 0.738 e. The highest BCUT2D eigenvalue weighted by Gasteiger charge is 2.17. The molecule has 1 aromatic rings. The fraction of sp³-hybridized carbons (Fsp3) is 0.400. The van der Waals surface area contributed by atoms with E-state index in [4.69, 9.17) is 0 Å². The van der Waals surface area contributed by atoms with E-state index in [-0.39, 0.29) is 5.16 Å². The van der Waals surface area contributed by atoms with Crippen LogP contribution >= 0.6 is 0 Å². The molecule has 0 bridgehead atoms. The van der Waals surface area contributed by atoms with Crippen LogP contribution in [0.25, 0.3) is 0 Å². The molecule has 11 heavy (non-hydrogen) atoms. The summed E-state index contributed by atoms with van der Waals surface area (Å²) >= 11 is 0. The van der Waals surface area contributed by atoms with Gasteiger partial charge in [-0.2, -0.15) is 0 Å². The van der Waals surface area contributed by atoms with Crippen LogP contribution in [0.4, 0.5) is 0 Å². The third kappa shape index (κ3) is 1.41. The minimum Gasteiger partial charge on any atom is -0.738 e. The van der Waals surface area contributed by atoms with E-state index in [2.05, 4.69) is 0 Å². The van der Waals surface area contributed by atoms with Crippen molar-refractivity contribution in [3.8, 4) is 0 Å². The molecule has 0 radical (unpaired) electrons. The predicted molar refractivity (Wildman–Crippen MR) is 34.6 cm³/mol. The lowest BCUT2D eigenvalue weighted by Gasteiger charge is -2.01. The second-order valence-electron chi connectivity index (χ2n) is 2.26. The first-order chi connectivity index (χ1) is 4.93. The number of hydrogen-bond donors (Lipinski definition) is 0. The molecule has 0 amide bonds. The predicted octanol–water partition coefficient (Wildman–Crippen LogP) is -1.25. The molecule has 0 aliphatic rings. The van der Waals surface area contributed by atoms with Crippen molar-refractivity contribution in [1.82, 2.24) is 4.57 Å². The SMILES string of the molecule is Cn1cc[n+](C)c1S(=O)(=O)[O-]. The molecule has 0 unspecified atom stereocenters. The third-order valence-corrected chi connectivity index (χ3v) is 2.36. The highest BCUT2D eigenvalue weighted by atomic mass is 32.2. The van der Waals surface area contributed by atoms with Gasteiger partial charge < -0.3 is 4.55 Å². The first-order valence-electron chi connectivity index (χ1n) is 2.90. The van der Waals surface area contributed by atoms with Crippen LogP contribution in [0, 0.1) is 0 Å². The van der Waals surface area contributed by atoms with Crippen molar-refractivity contribution in [3.05, 3.63) is 12.4 Å².